The number of benzene rings is 2. The summed E-state index contributed by atoms with van der Waals surface area (Å²) in [5.41, 5.74) is 0.449. The number of hydrogen-bond acceptors (Lipinski definition) is 6. The van der Waals surface area contributed by atoms with E-state index in [1.807, 2.05) is 6.07 Å². The van der Waals surface area contributed by atoms with E-state index in [9.17, 15) is 18.8 Å². The predicted molar refractivity (Wildman–Crippen MR) is 98.9 cm³/mol. The smallest absolute Gasteiger partial charge is 0.352 e. The number of anilines is 1. The van der Waals surface area contributed by atoms with Gasteiger partial charge >= 0.3 is 5.69 Å². The summed E-state index contributed by atoms with van der Waals surface area (Å²) in [5, 5.41) is 12.4. The molecule has 0 fully saturated rings. The molecule has 4 rings (SSSR count). The summed E-state index contributed by atoms with van der Waals surface area (Å²) in [6.45, 7) is 1.30. The molecule has 1 aliphatic rings. The number of halogens is 2. The van der Waals surface area contributed by atoms with Crippen molar-refractivity contribution < 1.29 is 18.3 Å². The fraction of sp³-hybridized carbons (Fsp3) is 0.150. The predicted octanol–water partition coefficient (Wildman–Crippen LogP) is 3.19. The SMILES string of the molecule is N#Cc1cc(COc2cc3n(c(=O)n2)CCN3)ccc1Oc1ccc(F)c(F)c1. The van der Waals surface area contributed by atoms with E-state index < -0.39 is 17.3 Å². The van der Waals surface area contributed by atoms with Gasteiger partial charge in [0.15, 0.2) is 11.6 Å². The van der Waals surface area contributed by atoms with Gasteiger partial charge in [-0.2, -0.15) is 10.2 Å². The van der Waals surface area contributed by atoms with Gasteiger partial charge in [0.2, 0.25) is 5.88 Å². The lowest BCUT2D eigenvalue weighted by Gasteiger charge is -2.11. The maximum Gasteiger partial charge on any atom is 0.352 e. The molecule has 146 valence electrons. The molecule has 2 heterocycles. The average Bonchev–Trinajstić information content (AvgIpc) is 3.19. The lowest BCUT2D eigenvalue weighted by Crippen LogP contribution is -2.21. The number of fused-ring (bicyclic) bond motifs is 1. The largest absolute Gasteiger partial charge is 0.473 e. The molecule has 0 saturated carbocycles. The van der Waals surface area contributed by atoms with Crippen LogP contribution >= 0.6 is 0 Å². The monoisotopic (exact) mass is 396 g/mol. The Labute approximate surface area is 163 Å². The Bertz CT molecular complexity index is 1190. The third kappa shape index (κ3) is 3.87. The number of aromatic nitrogens is 2. The lowest BCUT2D eigenvalue weighted by molar-refractivity contribution is 0.291. The van der Waals surface area contributed by atoms with Crippen molar-refractivity contribution in [3.05, 3.63) is 75.7 Å². The molecule has 0 atom stereocenters. The molecule has 0 radical (unpaired) electrons. The zero-order chi connectivity index (χ0) is 20.4. The normalized spacial score (nSPS) is 12.0. The van der Waals surface area contributed by atoms with Gasteiger partial charge < -0.3 is 14.8 Å². The number of rotatable bonds is 5. The van der Waals surface area contributed by atoms with Gasteiger partial charge in [-0.1, -0.05) is 6.07 Å². The third-order valence-electron chi connectivity index (χ3n) is 4.30. The van der Waals surface area contributed by atoms with Crippen molar-refractivity contribution in [1.29, 1.82) is 5.26 Å². The summed E-state index contributed by atoms with van der Waals surface area (Å²) in [7, 11) is 0. The van der Waals surface area contributed by atoms with Crippen LogP contribution < -0.4 is 20.5 Å². The van der Waals surface area contributed by atoms with E-state index in [0.717, 1.165) is 12.1 Å². The van der Waals surface area contributed by atoms with Crippen molar-refractivity contribution in [3.8, 4) is 23.4 Å². The second kappa shape index (κ2) is 7.59. The molecule has 0 aliphatic carbocycles. The van der Waals surface area contributed by atoms with Crippen molar-refractivity contribution in [1.82, 2.24) is 9.55 Å². The minimum absolute atomic E-state index is 0.0692. The Hall–Kier alpha value is -3.93. The number of hydrogen-bond donors (Lipinski definition) is 1. The van der Waals surface area contributed by atoms with Gasteiger partial charge in [-0.25, -0.2) is 13.6 Å². The van der Waals surface area contributed by atoms with Gasteiger partial charge in [0.25, 0.3) is 0 Å². The van der Waals surface area contributed by atoms with Gasteiger partial charge in [-0.15, -0.1) is 0 Å². The number of nitrogens with zero attached hydrogens (tertiary/aromatic N) is 3. The zero-order valence-corrected chi connectivity index (χ0v) is 15.0. The fourth-order valence-electron chi connectivity index (χ4n) is 2.88. The van der Waals surface area contributed by atoms with Crippen LogP contribution in [0.4, 0.5) is 14.6 Å². The van der Waals surface area contributed by atoms with Crippen LogP contribution in [0.2, 0.25) is 0 Å². The number of nitriles is 1. The van der Waals surface area contributed by atoms with Crippen LogP contribution in [-0.4, -0.2) is 16.1 Å². The van der Waals surface area contributed by atoms with E-state index in [0.29, 0.717) is 24.5 Å². The van der Waals surface area contributed by atoms with Crippen molar-refractivity contribution in [2.24, 2.45) is 0 Å². The molecule has 1 aliphatic heterocycles. The summed E-state index contributed by atoms with van der Waals surface area (Å²) >= 11 is 0. The van der Waals surface area contributed by atoms with Gasteiger partial charge in [0.05, 0.1) is 5.56 Å². The van der Waals surface area contributed by atoms with E-state index in [4.69, 9.17) is 9.47 Å². The summed E-state index contributed by atoms with van der Waals surface area (Å²) in [6.07, 6.45) is 0. The molecule has 3 aromatic rings. The van der Waals surface area contributed by atoms with E-state index in [-0.39, 0.29) is 29.5 Å². The summed E-state index contributed by atoms with van der Waals surface area (Å²) in [6, 6.07) is 11.5. The quantitative estimate of drug-likeness (QED) is 0.713. The van der Waals surface area contributed by atoms with Crippen LogP contribution in [0.25, 0.3) is 0 Å². The molecule has 0 spiro atoms. The van der Waals surface area contributed by atoms with E-state index in [2.05, 4.69) is 10.3 Å². The highest BCUT2D eigenvalue weighted by Gasteiger charge is 2.14. The number of ether oxygens (including phenoxy) is 2. The van der Waals surface area contributed by atoms with Crippen molar-refractivity contribution in [2.45, 2.75) is 13.2 Å². The minimum atomic E-state index is -1.04. The van der Waals surface area contributed by atoms with Crippen LogP contribution in [0.3, 0.4) is 0 Å². The maximum absolute atomic E-state index is 13.3. The summed E-state index contributed by atoms with van der Waals surface area (Å²) in [4.78, 5) is 15.8. The molecule has 0 unspecified atom stereocenters. The Morgan fingerprint density at radius 1 is 1.17 bits per heavy atom. The highest BCUT2D eigenvalue weighted by Crippen LogP contribution is 2.27. The molecular weight excluding hydrogens is 382 g/mol. The first-order valence-electron chi connectivity index (χ1n) is 8.68. The first-order valence-corrected chi connectivity index (χ1v) is 8.68. The maximum atomic E-state index is 13.3. The second-order valence-electron chi connectivity index (χ2n) is 6.25. The standard InChI is InChI=1S/C20H14F2N4O3/c21-15-3-2-14(8-16(15)22)29-17-4-1-12(7-13(17)10-23)11-28-19-9-18-24-5-6-26(18)20(27)25-19/h1-4,7-9,24H,5-6,11H2. The van der Waals surface area contributed by atoms with Crippen LogP contribution in [0.15, 0.2) is 47.3 Å². The van der Waals surface area contributed by atoms with E-state index >= 15 is 0 Å². The first-order chi connectivity index (χ1) is 14.0. The Morgan fingerprint density at radius 3 is 2.83 bits per heavy atom. The minimum Gasteiger partial charge on any atom is -0.473 e. The molecule has 2 aromatic carbocycles. The van der Waals surface area contributed by atoms with E-state index in [1.165, 1.54) is 16.7 Å². The second-order valence-corrected chi connectivity index (χ2v) is 6.25. The first kappa shape index (κ1) is 18.4. The Balaban J connectivity index is 1.49. The van der Waals surface area contributed by atoms with Crippen LogP contribution in [-0.2, 0) is 13.2 Å². The topological polar surface area (TPSA) is 89.2 Å². The summed E-state index contributed by atoms with van der Waals surface area (Å²) in [5.74, 6) is -0.942. The van der Waals surface area contributed by atoms with Crippen molar-refractivity contribution >= 4 is 5.82 Å². The van der Waals surface area contributed by atoms with Crippen LogP contribution in [0.5, 0.6) is 17.4 Å². The molecule has 0 bridgehead atoms. The molecule has 7 nitrogen and oxygen atoms in total. The van der Waals surface area contributed by atoms with Gasteiger partial charge in [0, 0.05) is 25.2 Å². The van der Waals surface area contributed by atoms with Crippen molar-refractivity contribution in [3.63, 3.8) is 0 Å². The molecular formula is C20H14F2N4O3. The van der Waals surface area contributed by atoms with Gasteiger partial charge in [-0.3, -0.25) is 4.57 Å². The van der Waals surface area contributed by atoms with E-state index in [1.54, 1.807) is 18.2 Å². The highest BCUT2D eigenvalue weighted by atomic mass is 19.2. The molecule has 0 saturated heterocycles. The molecule has 29 heavy (non-hydrogen) atoms. The van der Waals surface area contributed by atoms with Crippen molar-refractivity contribution in [2.75, 3.05) is 11.9 Å². The summed E-state index contributed by atoms with van der Waals surface area (Å²) < 4.78 is 38.9. The van der Waals surface area contributed by atoms with Gasteiger partial charge in [-0.05, 0) is 29.8 Å². The van der Waals surface area contributed by atoms with Crippen LogP contribution in [0, 0.1) is 23.0 Å². The third-order valence-corrected chi connectivity index (χ3v) is 4.30. The highest BCUT2D eigenvalue weighted by molar-refractivity contribution is 5.47. The molecule has 0 amide bonds. The zero-order valence-electron chi connectivity index (χ0n) is 15.0. The Kier molecular flexibility index (Phi) is 4.83. The van der Waals surface area contributed by atoms with Crippen LogP contribution in [0.1, 0.15) is 11.1 Å². The average molecular weight is 396 g/mol. The fourth-order valence-corrected chi connectivity index (χ4v) is 2.88. The molecule has 1 aromatic heterocycles. The molecule has 9 heteroatoms. The number of nitrogens with one attached hydrogen (secondary N) is 1. The molecule has 1 N–H and O–H groups in total. The lowest BCUT2D eigenvalue weighted by atomic mass is 10.1. The Morgan fingerprint density at radius 2 is 2.03 bits per heavy atom. The van der Waals surface area contributed by atoms with Gasteiger partial charge in [0.1, 0.15) is 30.0 Å².